The lowest BCUT2D eigenvalue weighted by molar-refractivity contribution is 0.0809. The summed E-state index contributed by atoms with van der Waals surface area (Å²) in [7, 11) is 0. The Morgan fingerprint density at radius 1 is 1.11 bits per heavy atom. The van der Waals surface area contributed by atoms with Gasteiger partial charge in [0.1, 0.15) is 11.6 Å². The van der Waals surface area contributed by atoms with E-state index in [-0.39, 0.29) is 0 Å². The Hall–Kier alpha value is -1.00. The topological polar surface area (TPSA) is 21.3 Å². The molecular weight excluding hydrogens is 236 g/mol. The molecule has 2 unspecified atom stereocenters. The van der Waals surface area contributed by atoms with Crippen LogP contribution >= 0.6 is 0 Å². The second-order valence-corrected chi connectivity index (χ2v) is 5.23. The largest absolute Gasteiger partial charge is 0.376 e. The molecular formula is C14H17F2NO. The maximum atomic E-state index is 13.1. The summed E-state index contributed by atoms with van der Waals surface area (Å²) < 4.78 is 31.8. The van der Waals surface area contributed by atoms with Gasteiger partial charge < -0.3 is 10.1 Å². The molecule has 98 valence electrons. The highest BCUT2D eigenvalue weighted by Gasteiger charge is 2.40. The molecule has 1 aliphatic carbocycles. The van der Waals surface area contributed by atoms with E-state index in [1.165, 1.54) is 25.0 Å². The fourth-order valence-corrected chi connectivity index (χ4v) is 2.68. The van der Waals surface area contributed by atoms with Crippen LogP contribution in [0.4, 0.5) is 8.78 Å². The second kappa shape index (κ2) is 4.94. The molecule has 0 spiro atoms. The maximum absolute atomic E-state index is 13.1. The van der Waals surface area contributed by atoms with Crippen molar-refractivity contribution in [3.05, 3.63) is 35.4 Å². The molecule has 1 aromatic rings. The molecule has 0 amide bonds. The minimum Gasteiger partial charge on any atom is -0.376 e. The summed E-state index contributed by atoms with van der Waals surface area (Å²) in [5, 5.41) is 3.37. The van der Waals surface area contributed by atoms with Crippen LogP contribution in [0.1, 0.15) is 24.8 Å². The van der Waals surface area contributed by atoms with E-state index in [9.17, 15) is 8.78 Å². The van der Waals surface area contributed by atoms with Gasteiger partial charge in [-0.25, -0.2) is 8.78 Å². The average Bonchev–Trinajstić information content (AvgIpc) is 3.05. The second-order valence-electron chi connectivity index (χ2n) is 5.23. The van der Waals surface area contributed by atoms with Crippen molar-refractivity contribution in [2.24, 2.45) is 5.92 Å². The first-order chi connectivity index (χ1) is 8.72. The van der Waals surface area contributed by atoms with E-state index in [0.717, 1.165) is 19.1 Å². The molecule has 2 aliphatic rings. The van der Waals surface area contributed by atoms with Gasteiger partial charge in [-0.05, 0) is 42.9 Å². The molecule has 1 N–H and O–H groups in total. The number of halogens is 2. The third-order valence-electron chi connectivity index (χ3n) is 3.71. The van der Waals surface area contributed by atoms with Crippen molar-refractivity contribution in [3.63, 3.8) is 0 Å². The molecule has 1 saturated carbocycles. The van der Waals surface area contributed by atoms with Gasteiger partial charge >= 0.3 is 0 Å². The van der Waals surface area contributed by atoms with E-state index in [0.29, 0.717) is 30.2 Å². The molecule has 1 saturated heterocycles. The molecule has 1 heterocycles. The quantitative estimate of drug-likeness (QED) is 0.890. The van der Waals surface area contributed by atoms with Crippen LogP contribution in [0.25, 0.3) is 0 Å². The highest BCUT2D eigenvalue weighted by atomic mass is 19.1. The minimum atomic E-state index is -0.520. The summed E-state index contributed by atoms with van der Waals surface area (Å²) in [6, 6.07) is 3.97. The van der Waals surface area contributed by atoms with Crippen LogP contribution < -0.4 is 5.32 Å². The Labute approximate surface area is 105 Å². The molecule has 1 aliphatic heterocycles. The molecule has 1 aromatic carbocycles. The zero-order valence-electron chi connectivity index (χ0n) is 10.2. The Morgan fingerprint density at radius 3 is 2.50 bits per heavy atom. The van der Waals surface area contributed by atoms with Crippen molar-refractivity contribution in [1.82, 2.24) is 5.32 Å². The standard InChI is InChI=1S/C14H17F2NO/c15-11-5-9(6-12(16)7-11)8-17-13-3-4-18-14(13)10-1-2-10/h5-7,10,13-14,17H,1-4,8H2. The third-order valence-corrected chi connectivity index (χ3v) is 3.71. The van der Waals surface area contributed by atoms with Gasteiger partial charge in [-0.2, -0.15) is 0 Å². The number of ether oxygens (including phenoxy) is 1. The Morgan fingerprint density at radius 2 is 1.83 bits per heavy atom. The summed E-state index contributed by atoms with van der Waals surface area (Å²) in [6.45, 7) is 1.28. The van der Waals surface area contributed by atoms with Gasteiger partial charge in [0.2, 0.25) is 0 Å². The predicted molar refractivity (Wildman–Crippen MR) is 64.1 cm³/mol. The highest BCUT2D eigenvalue weighted by molar-refractivity contribution is 5.17. The molecule has 2 atom stereocenters. The minimum absolute atomic E-state index is 0.295. The Bertz CT molecular complexity index is 414. The molecule has 2 nitrogen and oxygen atoms in total. The zero-order valence-corrected chi connectivity index (χ0v) is 10.2. The summed E-state index contributed by atoms with van der Waals surface area (Å²) >= 11 is 0. The van der Waals surface area contributed by atoms with Crippen LogP contribution in [0.3, 0.4) is 0 Å². The van der Waals surface area contributed by atoms with E-state index >= 15 is 0 Å². The fourth-order valence-electron chi connectivity index (χ4n) is 2.68. The van der Waals surface area contributed by atoms with Crippen molar-refractivity contribution < 1.29 is 13.5 Å². The smallest absolute Gasteiger partial charge is 0.126 e. The van der Waals surface area contributed by atoms with Crippen LogP contribution in [0.5, 0.6) is 0 Å². The van der Waals surface area contributed by atoms with E-state index in [1.54, 1.807) is 0 Å². The first kappa shape index (κ1) is 12.1. The van der Waals surface area contributed by atoms with Gasteiger partial charge in [-0.3, -0.25) is 0 Å². The summed E-state index contributed by atoms with van der Waals surface area (Å²) in [6.07, 6.45) is 3.77. The third kappa shape index (κ3) is 2.70. The van der Waals surface area contributed by atoms with Crippen molar-refractivity contribution in [2.75, 3.05) is 6.61 Å². The van der Waals surface area contributed by atoms with Gasteiger partial charge in [0.15, 0.2) is 0 Å². The molecule has 0 radical (unpaired) electrons. The van der Waals surface area contributed by atoms with Crippen molar-refractivity contribution in [3.8, 4) is 0 Å². The number of hydrogen-bond donors (Lipinski definition) is 1. The summed E-state index contributed by atoms with van der Waals surface area (Å²) in [5.41, 5.74) is 0.647. The van der Waals surface area contributed by atoms with Gasteiger partial charge in [-0.1, -0.05) is 0 Å². The van der Waals surface area contributed by atoms with Gasteiger partial charge in [0.25, 0.3) is 0 Å². The molecule has 3 rings (SSSR count). The zero-order chi connectivity index (χ0) is 12.5. The lowest BCUT2D eigenvalue weighted by Gasteiger charge is -2.19. The first-order valence-corrected chi connectivity index (χ1v) is 6.52. The van der Waals surface area contributed by atoms with E-state index in [1.807, 2.05) is 0 Å². The number of nitrogens with one attached hydrogen (secondary N) is 1. The first-order valence-electron chi connectivity index (χ1n) is 6.52. The van der Waals surface area contributed by atoms with Crippen LogP contribution in [0.15, 0.2) is 18.2 Å². The Balaban J connectivity index is 1.59. The average molecular weight is 253 g/mol. The van der Waals surface area contributed by atoms with Crippen LogP contribution in [-0.2, 0) is 11.3 Å². The van der Waals surface area contributed by atoms with Gasteiger partial charge in [-0.15, -0.1) is 0 Å². The lowest BCUT2D eigenvalue weighted by Crippen LogP contribution is -2.37. The molecule has 2 fully saturated rings. The van der Waals surface area contributed by atoms with E-state index in [2.05, 4.69) is 5.32 Å². The maximum Gasteiger partial charge on any atom is 0.126 e. The summed E-state index contributed by atoms with van der Waals surface area (Å²) in [5.74, 6) is -0.351. The molecule has 0 aromatic heterocycles. The van der Waals surface area contributed by atoms with E-state index < -0.39 is 11.6 Å². The highest BCUT2D eigenvalue weighted by Crippen LogP contribution is 2.38. The van der Waals surface area contributed by atoms with Crippen molar-refractivity contribution >= 4 is 0 Å². The predicted octanol–water partition coefficient (Wildman–Crippen LogP) is 2.62. The monoisotopic (exact) mass is 253 g/mol. The van der Waals surface area contributed by atoms with Crippen LogP contribution in [0, 0.1) is 17.6 Å². The normalized spacial score (nSPS) is 27.7. The molecule has 18 heavy (non-hydrogen) atoms. The summed E-state index contributed by atoms with van der Waals surface area (Å²) in [4.78, 5) is 0. The van der Waals surface area contributed by atoms with E-state index in [4.69, 9.17) is 4.74 Å². The SMILES string of the molecule is Fc1cc(F)cc(CNC2CCOC2C2CC2)c1. The van der Waals surface area contributed by atoms with Gasteiger partial charge in [0, 0.05) is 25.3 Å². The number of hydrogen-bond acceptors (Lipinski definition) is 2. The number of benzene rings is 1. The van der Waals surface area contributed by atoms with Gasteiger partial charge in [0.05, 0.1) is 6.10 Å². The fraction of sp³-hybridized carbons (Fsp3) is 0.571. The van der Waals surface area contributed by atoms with Crippen LogP contribution in [0.2, 0.25) is 0 Å². The lowest BCUT2D eigenvalue weighted by atomic mass is 10.1. The van der Waals surface area contributed by atoms with Crippen molar-refractivity contribution in [1.29, 1.82) is 0 Å². The van der Waals surface area contributed by atoms with Crippen LogP contribution in [-0.4, -0.2) is 18.8 Å². The number of rotatable bonds is 4. The Kier molecular flexibility index (Phi) is 3.31. The molecule has 0 bridgehead atoms. The van der Waals surface area contributed by atoms with Crippen molar-refractivity contribution in [2.45, 2.75) is 38.0 Å². The molecule has 4 heteroatoms.